The molecule has 0 aliphatic carbocycles. The summed E-state index contributed by atoms with van der Waals surface area (Å²) in [7, 11) is 0. The van der Waals surface area contributed by atoms with E-state index in [2.05, 4.69) is 21.2 Å². The molecule has 0 radical (unpaired) electrons. The average Bonchev–Trinajstić information content (AvgIpc) is 2.12. The fourth-order valence-electron chi connectivity index (χ4n) is 0.634. The highest BCUT2D eigenvalue weighted by Gasteiger charge is 2.32. The van der Waals surface area contributed by atoms with Gasteiger partial charge >= 0.3 is 0 Å². The molecule has 0 spiro atoms. The maximum Gasteiger partial charge on any atom is 0.253 e. The van der Waals surface area contributed by atoms with Crippen LogP contribution in [0.5, 0.6) is 0 Å². The lowest BCUT2D eigenvalue weighted by Gasteiger charge is -2.26. The lowest BCUT2D eigenvalue weighted by molar-refractivity contribution is -0.136. The molecular weight excluding hydrogens is 238 g/mol. The van der Waals surface area contributed by atoms with E-state index in [1.165, 1.54) is 11.2 Å². The molecule has 3 N–H and O–H groups in total. The van der Waals surface area contributed by atoms with E-state index < -0.39 is 17.4 Å². The van der Waals surface area contributed by atoms with E-state index >= 15 is 0 Å². The molecule has 4 nitrogen and oxygen atoms in total. The van der Waals surface area contributed by atoms with Crippen LogP contribution in [0.1, 0.15) is 13.8 Å². The fraction of sp³-hybridized carbons (Fsp3) is 0.625. The van der Waals surface area contributed by atoms with Crippen molar-refractivity contribution in [3.05, 3.63) is 11.2 Å². The first-order chi connectivity index (χ1) is 5.95. The standard InChI is InChI=1S/C8H14BrNO3/c1-8(2,5-11)6(12)7(13)10-4-3-9/h3-4,6,11-12H,5H2,1-2H3,(H,10,13)/b4-3-. The van der Waals surface area contributed by atoms with E-state index in [4.69, 9.17) is 5.11 Å². The van der Waals surface area contributed by atoms with Gasteiger partial charge in [0.25, 0.3) is 5.91 Å². The van der Waals surface area contributed by atoms with Gasteiger partial charge in [-0.3, -0.25) is 4.79 Å². The molecule has 0 saturated heterocycles. The van der Waals surface area contributed by atoms with E-state index in [0.29, 0.717) is 0 Å². The molecule has 1 amide bonds. The molecule has 5 heteroatoms. The lowest BCUT2D eigenvalue weighted by atomic mass is 9.87. The summed E-state index contributed by atoms with van der Waals surface area (Å²) in [5.41, 5.74) is -0.829. The summed E-state index contributed by atoms with van der Waals surface area (Å²) in [6.07, 6.45) is 0.139. The van der Waals surface area contributed by atoms with Crippen molar-refractivity contribution in [1.29, 1.82) is 0 Å². The first kappa shape index (κ1) is 12.6. The van der Waals surface area contributed by atoms with Crippen LogP contribution in [0.15, 0.2) is 11.2 Å². The molecule has 0 aromatic carbocycles. The van der Waals surface area contributed by atoms with Crippen molar-refractivity contribution in [1.82, 2.24) is 5.32 Å². The van der Waals surface area contributed by atoms with Crippen molar-refractivity contribution in [3.8, 4) is 0 Å². The zero-order chi connectivity index (χ0) is 10.5. The number of carbonyl (C=O) groups is 1. The Morgan fingerprint density at radius 3 is 2.62 bits per heavy atom. The summed E-state index contributed by atoms with van der Waals surface area (Å²) in [4.78, 5) is 12.6. The molecular formula is C8H14BrNO3. The Labute approximate surface area is 85.8 Å². The number of aliphatic hydroxyl groups is 2. The number of amides is 1. The van der Waals surface area contributed by atoms with Gasteiger partial charge in [0.2, 0.25) is 0 Å². The van der Waals surface area contributed by atoms with Crippen LogP contribution in [0.2, 0.25) is 0 Å². The van der Waals surface area contributed by atoms with Gasteiger partial charge in [0.15, 0.2) is 0 Å². The maximum atomic E-state index is 11.2. The molecule has 0 aromatic rings. The lowest BCUT2D eigenvalue weighted by Crippen LogP contribution is -2.44. The summed E-state index contributed by atoms with van der Waals surface area (Å²) in [6.45, 7) is 2.96. The van der Waals surface area contributed by atoms with Crippen LogP contribution in [-0.4, -0.2) is 28.8 Å². The fourth-order valence-corrected chi connectivity index (χ4v) is 0.766. The highest BCUT2D eigenvalue weighted by Crippen LogP contribution is 2.19. The monoisotopic (exact) mass is 251 g/mol. The van der Waals surface area contributed by atoms with Crippen molar-refractivity contribution < 1.29 is 15.0 Å². The minimum absolute atomic E-state index is 0.250. The third-order valence-electron chi connectivity index (χ3n) is 1.68. The summed E-state index contributed by atoms with van der Waals surface area (Å²) >= 11 is 2.97. The largest absolute Gasteiger partial charge is 0.396 e. The van der Waals surface area contributed by atoms with Gasteiger partial charge in [0, 0.05) is 11.6 Å². The SMILES string of the molecule is CC(C)(CO)C(O)C(=O)N/C=C\Br. The summed E-state index contributed by atoms with van der Waals surface area (Å²) in [6, 6.07) is 0. The van der Waals surface area contributed by atoms with Gasteiger partial charge in [-0.1, -0.05) is 29.8 Å². The van der Waals surface area contributed by atoms with E-state index in [9.17, 15) is 9.90 Å². The predicted molar refractivity (Wildman–Crippen MR) is 53.1 cm³/mol. The normalized spacial score (nSPS) is 14.5. The topological polar surface area (TPSA) is 69.6 Å². The van der Waals surface area contributed by atoms with E-state index in [1.54, 1.807) is 13.8 Å². The minimum Gasteiger partial charge on any atom is -0.396 e. The molecule has 0 rings (SSSR count). The third kappa shape index (κ3) is 3.89. The summed E-state index contributed by atoms with van der Waals surface area (Å²) < 4.78 is 0. The number of aliphatic hydroxyl groups excluding tert-OH is 2. The second-order valence-corrected chi connectivity index (χ2v) is 3.88. The zero-order valence-electron chi connectivity index (χ0n) is 7.62. The first-order valence-electron chi connectivity index (χ1n) is 3.80. The van der Waals surface area contributed by atoms with Gasteiger partial charge in [-0.2, -0.15) is 0 Å². The molecule has 0 aromatic heterocycles. The van der Waals surface area contributed by atoms with E-state index in [0.717, 1.165) is 0 Å². The Balaban J connectivity index is 4.25. The molecule has 0 fully saturated rings. The Morgan fingerprint density at radius 2 is 2.23 bits per heavy atom. The Kier molecular flexibility index (Phi) is 5.20. The first-order valence-corrected chi connectivity index (χ1v) is 4.72. The van der Waals surface area contributed by atoms with Crippen molar-refractivity contribution in [2.45, 2.75) is 20.0 Å². The van der Waals surface area contributed by atoms with Crippen LogP contribution >= 0.6 is 15.9 Å². The highest BCUT2D eigenvalue weighted by atomic mass is 79.9. The van der Waals surface area contributed by atoms with Crippen LogP contribution < -0.4 is 5.32 Å². The Hall–Kier alpha value is -0.390. The zero-order valence-corrected chi connectivity index (χ0v) is 9.21. The molecule has 0 bridgehead atoms. The summed E-state index contributed by atoms with van der Waals surface area (Å²) in [5.74, 6) is -0.533. The predicted octanol–water partition coefficient (Wildman–Crippen LogP) is 0.348. The van der Waals surface area contributed by atoms with Crippen LogP contribution in [0.3, 0.4) is 0 Å². The molecule has 0 saturated carbocycles. The number of carbonyl (C=O) groups excluding carboxylic acids is 1. The average molecular weight is 252 g/mol. The second-order valence-electron chi connectivity index (χ2n) is 3.35. The molecule has 1 unspecified atom stereocenters. The molecule has 0 aliphatic heterocycles. The van der Waals surface area contributed by atoms with Gasteiger partial charge in [-0.15, -0.1) is 0 Å². The minimum atomic E-state index is -1.22. The molecule has 0 heterocycles. The van der Waals surface area contributed by atoms with E-state index in [-0.39, 0.29) is 6.61 Å². The Morgan fingerprint density at radius 1 is 1.69 bits per heavy atom. The number of hydrogen-bond acceptors (Lipinski definition) is 3. The van der Waals surface area contributed by atoms with Gasteiger partial charge in [-0.05, 0) is 4.99 Å². The molecule has 1 atom stereocenters. The van der Waals surface area contributed by atoms with Crippen LogP contribution in [-0.2, 0) is 4.79 Å². The van der Waals surface area contributed by atoms with Crippen molar-refractivity contribution in [3.63, 3.8) is 0 Å². The van der Waals surface area contributed by atoms with Crippen molar-refractivity contribution in [2.24, 2.45) is 5.41 Å². The third-order valence-corrected chi connectivity index (χ3v) is 1.95. The molecule has 13 heavy (non-hydrogen) atoms. The quantitative estimate of drug-likeness (QED) is 0.676. The van der Waals surface area contributed by atoms with Gasteiger partial charge in [0.05, 0.1) is 6.61 Å². The van der Waals surface area contributed by atoms with Gasteiger partial charge in [0.1, 0.15) is 6.10 Å². The number of nitrogens with one attached hydrogen (secondary N) is 1. The van der Waals surface area contributed by atoms with Crippen LogP contribution in [0.4, 0.5) is 0 Å². The molecule has 76 valence electrons. The van der Waals surface area contributed by atoms with Gasteiger partial charge < -0.3 is 15.5 Å². The number of halogens is 1. The van der Waals surface area contributed by atoms with Crippen molar-refractivity contribution >= 4 is 21.8 Å². The van der Waals surface area contributed by atoms with Crippen LogP contribution in [0.25, 0.3) is 0 Å². The van der Waals surface area contributed by atoms with Crippen LogP contribution in [0, 0.1) is 5.41 Å². The maximum absolute atomic E-state index is 11.2. The highest BCUT2D eigenvalue weighted by molar-refractivity contribution is 9.11. The number of rotatable bonds is 4. The van der Waals surface area contributed by atoms with E-state index in [1.807, 2.05) is 0 Å². The number of hydrogen-bond donors (Lipinski definition) is 3. The Bertz CT molecular complexity index is 204. The molecule has 0 aliphatic rings. The second kappa shape index (κ2) is 5.36. The smallest absolute Gasteiger partial charge is 0.253 e. The van der Waals surface area contributed by atoms with Gasteiger partial charge in [-0.25, -0.2) is 0 Å². The summed E-state index contributed by atoms with van der Waals surface area (Å²) in [5, 5.41) is 20.7. The van der Waals surface area contributed by atoms with Crippen molar-refractivity contribution in [2.75, 3.05) is 6.61 Å².